The summed E-state index contributed by atoms with van der Waals surface area (Å²) in [5, 5.41) is 0.535. The molecule has 0 bridgehead atoms. The summed E-state index contributed by atoms with van der Waals surface area (Å²) in [4.78, 5) is 41.7. The molecule has 176 valence electrons. The third-order valence-corrected chi connectivity index (χ3v) is 6.28. The molecule has 3 heterocycles. The van der Waals surface area contributed by atoms with Crippen molar-refractivity contribution in [3.63, 3.8) is 0 Å². The first-order valence-corrected chi connectivity index (χ1v) is 11.5. The molecule has 9 nitrogen and oxygen atoms in total. The van der Waals surface area contributed by atoms with Crippen molar-refractivity contribution in [3.8, 4) is 0 Å². The van der Waals surface area contributed by atoms with Crippen LogP contribution in [0.5, 0.6) is 0 Å². The number of carbonyl (C=O) groups excluding carboxylic acids is 1. The number of benzene rings is 2. The van der Waals surface area contributed by atoms with Crippen molar-refractivity contribution in [2.45, 2.75) is 19.4 Å². The van der Waals surface area contributed by atoms with Gasteiger partial charge in [-0.3, -0.25) is 9.59 Å². The van der Waals surface area contributed by atoms with Crippen LogP contribution in [0.4, 0.5) is 6.01 Å². The zero-order valence-corrected chi connectivity index (χ0v) is 19.1. The molecule has 1 amide bonds. The van der Waals surface area contributed by atoms with Crippen LogP contribution in [0.15, 0.2) is 57.7 Å². The summed E-state index contributed by atoms with van der Waals surface area (Å²) in [5.74, 6) is 0.395. The summed E-state index contributed by atoms with van der Waals surface area (Å²) in [6.07, 6.45) is 1.39. The number of H-pyrrole nitrogens is 1. The summed E-state index contributed by atoms with van der Waals surface area (Å²) >= 11 is 0. The molecule has 0 spiro atoms. The average molecular weight is 462 g/mol. The summed E-state index contributed by atoms with van der Waals surface area (Å²) in [5.41, 5.74) is 2.01. The Hall–Kier alpha value is -3.72. The van der Waals surface area contributed by atoms with E-state index in [0.717, 1.165) is 11.1 Å². The van der Waals surface area contributed by atoms with E-state index < -0.39 is 0 Å². The molecule has 0 radical (unpaired) electrons. The second-order valence-corrected chi connectivity index (χ2v) is 8.51. The van der Waals surface area contributed by atoms with Crippen LogP contribution in [0.1, 0.15) is 18.7 Å². The minimum absolute atomic E-state index is 0.0464. The van der Waals surface area contributed by atoms with Crippen LogP contribution >= 0.6 is 0 Å². The van der Waals surface area contributed by atoms with Crippen LogP contribution in [0.25, 0.3) is 22.0 Å². The maximum absolute atomic E-state index is 13.4. The summed E-state index contributed by atoms with van der Waals surface area (Å²) < 4.78 is 11.1. The van der Waals surface area contributed by atoms with Crippen molar-refractivity contribution in [1.29, 1.82) is 0 Å². The first-order chi connectivity index (χ1) is 16.6. The number of rotatable bonds is 7. The van der Waals surface area contributed by atoms with Gasteiger partial charge in [0.25, 0.3) is 11.6 Å². The highest BCUT2D eigenvalue weighted by Crippen LogP contribution is 2.27. The summed E-state index contributed by atoms with van der Waals surface area (Å²) in [6.45, 7) is 2.44. The van der Waals surface area contributed by atoms with Crippen LogP contribution in [0, 0.1) is 5.92 Å². The normalized spacial score (nSPS) is 14.7. The number of aromatic amines is 1. The third kappa shape index (κ3) is 4.51. The lowest BCUT2D eigenvalue weighted by Crippen LogP contribution is -2.43. The van der Waals surface area contributed by atoms with Crippen LogP contribution in [-0.2, 0) is 16.1 Å². The molecule has 2 aromatic carbocycles. The smallest absolute Gasteiger partial charge is 0.298 e. The SMILES string of the molecule is COCCN(Cc1nc2ccccc2c(=O)[nH]1)C(=O)C1CCN(c2nc3ccccc3o2)CC1. The van der Waals surface area contributed by atoms with E-state index in [1.54, 1.807) is 30.2 Å². The van der Waals surface area contributed by atoms with Crippen molar-refractivity contribution in [3.05, 3.63) is 64.7 Å². The van der Waals surface area contributed by atoms with Gasteiger partial charge in [-0.25, -0.2) is 4.98 Å². The number of methoxy groups -OCH3 is 1. The van der Waals surface area contributed by atoms with Crippen LogP contribution in [-0.4, -0.2) is 59.1 Å². The maximum Gasteiger partial charge on any atom is 0.298 e. The summed E-state index contributed by atoms with van der Waals surface area (Å²) in [6, 6.07) is 15.5. The topological polar surface area (TPSA) is 105 Å². The highest BCUT2D eigenvalue weighted by Gasteiger charge is 2.30. The molecule has 1 N–H and O–H groups in total. The number of nitrogens with zero attached hydrogens (tertiary/aromatic N) is 4. The van der Waals surface area contributed by atoms with Gasteiger partial charge in [0.15, 0.2) is 5.58 Å². The highest BCUT2D eigenvalue weighted by atomic mass is 16.5. The van der Waals surface area contributed by atoms with E-state index >= 15 is 0 Å². The molecule has 2 aromatic heterocycles. The van der Waals surface area contributed by atoms with Gasteiger partial charge in [-0.2, -0.15) is 4.98 Å². The first kappa shape index (κ1) is 22.1. The number of piperidine rings is 1. The molecule has 1 aliphatic rings. The number of anilines is 1. The van der Waals surface area contributed by atoms with Crippen molar-refractivity contribution in [2.24, 2.45) is 5.92 Å². The zero-order valence-electron chi connectivity index (χ0n) is 19.1. The molecular weight excluding hydrogens is 434 g/mol. The fraction of sp³-hybridized carbons (Fsp3) is 0.360. The molecule has 9 heteroatoms. The Labute approximate surface area is 196 Å². The Morgan fingerprint density at radius 2 is 1.85 bits per heavy atom. The lowest BCUT2D eigenvalue weighted by atomic mass is 9.95. The molecular formula is C25H27N5O4. The number of hydrogen-bond donors (Lipinski definition) is 1. The number of fused-ring (bicyclic) bond motifs is 2. The number of carbonyl (C=O) groups is 1. The van der Waals surface area contributed by atoms with Gasteiger partial charge in [0.1, 0.15) is 11.3 Å². The van der Waals surface area contributed by atoms with Crippen molar-refractivity contribution < 1.29 is 13.9 Å². The lowest BCUT2D eigenvalue weighted by molar-refractivity contribution is -0.137. The van der Waals surface area contributed by atoms with E-state index in [9.17, 15) is 9.59 Å². The second-order valence-electron chi connectivity index (χ2n) is 8.51. The number of hydrogen-bond acceptors (Lipinski definition) is 7. The summed E-state index contributed by atoms with van der Waals surface area (Å²) in [7, 11) is 1.61. The van der Waals surface area contributed by atoms with E-state index in [2.05, 4.69) is 19.9 Å². The van der Waals surface area contributed by atoms with E-state index in [0.29, 0.717) is 61.8 Å². The van der Waals surface area contributed by atoms with Gasteiger partial charge in [-0.05, 0) is 37.1 Å². The molecule has 0 aliphatic carbocycles. The first-order valence-electron chi connectivity index (χ1n) is 11.5. The minimum Gasteiger partial charge on any atom is -0.423 e. The third-order valence-electron chi connectivity index (χ3n) is 6.28. The predicted octanol–water partition coefficient (Wildman–Crippen LogP) is 2.96. The van der Waals surface area contributed by atoms with Gasteiger partial charge in [0.2, 0.25) is 5.91 Å². The number of para-hydroxylation sites is 3. The second kappa shape index (κ2) is 9.64. The fourth-order valence-corrected chi connectivity index (χ4v) is 4.43. The Morgan fingerprint density at radius 1 is 1.12 bits per heavy atom. The van der Waals surface area contributed by atoms with Crippen molar-refractivity contribution in [2.75, 3.05) is 38.3 Å². The molecule has 1 fully saturated rings. The van der Waals surface area contributed by atoms with E-state index in [1.807, 2.05) is 30.3 Å². The Balaban J connectivity index is 1.28. The van der Waals surface area contributed by atoms with Gasteiger partial charge in [-0.15, -0.1) is 0 Å². The molecule has 0 atom stereocenters. The van der Waals surface area contributed by atoms with Gasteiger partial charge in [0.05, 0.1) is 24.1 Å². The Bertz CT molecular complexity index is 1320. The molecule has 1 aliphatic heterocycles. The molecule has 1 saturated heterocycles. The zero-order chi connectivity index (χ0) is 23.5. The maximum atomic E-state index is 13.4. The number of amides is 1. The highest BCUT2D eigenvalue weighted by molar-refractivity contribution is 5.80. The van der Waals surface area contributed by atoms with Crippen LogP contribution in [0.3, 0.4) is 0 Å². The molecule has 5 rings (SSSR count). The van der Waals surface area contributed by atoms with E-state index in [1.165, 1.54) is 0 Å². The monoisotopic (exact) mass is 461 g/mol. The van der Waals surface area contributed by atoms with Gasteiger partial charge < -0.3 is 23.9 Å². The van der Waals surface area contributed by atoms with E-state index in [-0.39, 0.29) is 23.9 Å². The van der Waals surface area contributed by atoms with Crippen LogP contribution < -0.4 is 10.5 Å². The van der Waals surface area contributed by atoms with Gasteiger partial charge in [0, 0.05) is 32.7 Å². The lowest BCUT2D eigenvalue weighted by Gasteiger charge is -2.33. The Kier molecular flexibility index (Phi) is 6.27. The molecule has 4 aromatic rings. The largest absolute Gasteiger partial charge is 0.423 e. The number of nitrogens with one attached hydrogen (secondary N) is 1. The predicted molar refractivity (Wildman–Crippen MR) is 129 cm³/mol. The standard InChI is InChI=1S/C25H27N5O4/c1-33-15-14-30(16-22-26-19-7-3-2-6-18(19)23(31)28-22)24(32)17-10-12-29(13-11-17)25-27-20-8-4-5-9-21(20)34-25/h2-9,17H,10-16H2,1H3,(H,26,28,31). The molecule has 0 saturated carbocycles. The van der Waals surface area contributed by atoms with Crippen molar-refractivity contribution in [1.82, 2.24) is 19.9 Å². The average Bonchev–Trinajstić information content (AvgIpc) is 3.31. The number of oxazole rings is 1. The Morgan fingerprint density at radius 3 is 2.62 bits per heavy atom. The number of ether oxygens (including phenoxy) is 1. The molecule has 0 unspecified atom stereocenters. The van der Waals surface area contributed by atoms with Gasteiger partial charge in [-0.1, -0.05) is 24.3 Å². The quantitative estimate of drug-likeness (QED) is 0.451. The van der Waals surface area contributed by atoms with Crippen molar-refractivity contribution >= 4 is 33.9 Å². The number of aromatic nitrogens is 3. The molecule has 34 heavy (non-hydrogen) atoms. The minimum atomic E-state index is -0.202. The van der Waals surface area contributed by atoms with Crippen LogP contribution in [0.2, 0.25) is 0 Å². The van der Waals surface area contributed by atoms with Gasteiger partial charge >= 0.3 is 0 Å². The van der Waals surface area contributed by atoms with E-state index in [4.69, 9.17) is 9.15 Å². The fourth-order valence-electron chi connectivity index (χ4n) is 4.43.